The number of hydrogen-bond donors (Lipinski definition) is 1. The molecule has 2 atom stereocenters. The van der Waals surface area contributed by atoms with E-state index >= 15 is 0 Å². The van der Waals surface area contributed by atoms with Crippen LogP contribution in [0.5, 0.6) is 11.5 Å². The third-order valence-electron chi connectivity index (χ3n) is 5.28. The van der Waals surface area contributed by atoms with Gasteiger partial charge in [0.15, 0.2) is 6.67 Å². The Morgan fingerprint density at radius 3 is 2.85 bits per heavy atom. The number of likely N-dealkylation sites (tertiary alicyclic amines) is 1. The summed E-state index contributed by atoms with van der Waals surface area (Å²) in [6.45, 7) is 1.44. The number of nitrogens with one attached hydrogen (secondary N) is 1. The molecule has 0 saturated carbocycles. The predicted octanol–water partition coefficient (Wildman–Crippen LogP) is 1.19. The normalized spacial score (nSPS) is 19.3. The summed E-state index contributed by atoms with van der Waals surface area (Å²) in [6, 6.07) is 13.4. The van der Waals surface area contributed by atoms with Crippen LogP contribution in [0.4, 0.5) is 0 Å². The van der Waals surface area contributed by atoms with Crippen LogP contribution in [-0.4, -0.2) is 35.8 Å². The molecular formula is C20H23N4O3+. The average molecular weight is 367 g/mol. The molecule has 0 amide bonds. The highest BCUT2D eigenvalue weighted by Gasteiger charge is 2.33. The summed E-state index contributed by atoms with van der Waals surface area (Å²) in [5, 5.41) is 8.95. The van der Waals surface area contributed by atoms with Gasteiger partial charge in [-0.15, -0.1) is 5.10 Å². The molecular weight excluding hydrogens is 344 g/mol. The molecule has 1 N–H and O–H groups in total. The van der Waals surface area contributed by atoms with Crippen molar-refractivity contribution in [3.8, 4) is 11.5 Å². The summed E-state index contributed by atoms with van der Waals surface area (Å²) in [5.74, 6) is 1.65. The second-order valence-corrected chi connectivity index (χ2v) is 6.78. The molecule has 0 aliphatic carbocycles. The van der Waals surface area contributed by atoms with Crippen molar-refractivity contribution >= 4 is 10.9 Å². The number of ether oxygens (including phenoxy) is 2. The second kappa shape index (κ2) is 7.36. The van der Waals surface area contributed by atoms with E-state index in [2.05, 4.69) is 10.3 Å². The number of methoxy groups -OCH3 is 2. The summed E-state index contributed by atoms with van der Waals surface area (Å²) in [6.07, 6.45) is 2.10. The van der Waals surface area contributed by atoms with E-state index < -0.39 is 0 Å². The van der Waals surface area contributed by atoms with Gasteiger partial charge in [0.1, 0.15) is 23.1 Å². The van der Waals surface area contributed by atoms with Gasteiger partial charge in [0.05, 0.1) is 31.7 Å². The van der Waals surface area contributed by atoms with E-state index in [1.54, 1.807) is 26.4 Å². The zero-order chi connectivity index (χ0) is 18.8. The first-order valence-corrected chi connectivity index (χ1v) is 9.10. The fourth-order valence-corrected chi connectivity index (χ4v) is 3.91. The van der Waals surface area contributed by atoms with Crippen molar-refractivity contribution in [2.24, 2.45) is 0 Å². The Kier molecular flexibility index (Phi) is 4.77. The second-order valence-electron chi connectivity index (χ2n) is 6.78. The monoisotopic (exact) mass is 367 g/mol. The number of rotatable bonds is 5. The van der Waals surface area contributed by atoms with E-state index in [0.29, 0.717) is 17.6 Å². The minimum atomic E-state index is -0.101. The van der Waals surface area contributed by atoms with E-state index in [1.807, 2.05) is 30.3 Å². The van der Waals surface area contributed by atoms with Crippen molar-refractivity contribution in [2.45, 2.75) is 25.6 Å². The maximum absolute atomic E-state index is 12.8. The lowest BCUT2D eigenvalue weighted by Crippen LogP contribution is -3.09. The Bertz CT molecular complexity index is 1020. The average Bonchev–Trinajstić information content (AvgIpc) is 3.17. The van der Waals surface area contributed by atoms with Gasteiger partial charge in [-0.25, -0.2) is 0 Å². The molecule has 7 nitrogen and oxygen atoms in total. The molecule has 7 heteroatoms. The first-order valence-electron chi connectivity index (χ1n) is 9.10. The highest BCUT2D eigenvalue weighted by molar-refractivity contribution is 5.76. The molecule has 140 valence electrons. The molecule has 1 fully saturated rings. The van der Waals surface area contributed by atoms with Crippen LogP contribution < -0.4 is 19.9 Å². The van der Waals surface area contributed by atoms with Crippen molar-refractivity contribution in [3.63, 3.8) is 0 Å². The Morgan fingerprint density at radius 1 is 1.19 bits per heavy atom. The Labute approximate surface area is 157 Å². The summed E-state index contributed by atoms with van der Waals surface area (Å²) >= 11 is 0. The summed E-state index contributed by atoms with van der Waals surface area (Å²) < 4.78 is 12.4. The predicted molar refractivity (Wildman–Crippen MR) is 101 cm³/mol. The van der Waals surface area contributed by atoms with Crippen LogP contribution in [0.25, 0.3) is 10.9 Å². The van der Waals surface area contributed by atoms with Crippen LogP contribution in [0.2, 0.25) is 0 Å². The van der Waals surface area contributed by atoms with Gasteiger partial charge in [-0.2, -0.15) is 4.68 Å². The molecule has 1 saturated heterocycles. The topological polar surface area (TPSA) is 70.7 Å². The molecule has 0 radical (unpaired) electrons. The van der Waals surface area contributed by atoms with Crippen LogP contribution in [0, 0.1) is 0 Å². The van der Waals surface area contributed by atoms with Gasteiger partial charge in [0, 0.05) is 12.8 Å². The SMILES string of the molecule is COc1ccc(OC)c([C@@H]2CCC[NH+]2Cn2nnc3ccccc3c2=O)c1. The van der Waals surface area contributed by atoms with Gasteiger partial charge in [-0.1, -0.05) is 17.3 Å². The Balaban J connectivity index is 1.67. The van der Waals surface area contributed by atoms with Gasteiger partial charge in [-0.05, 0) is 30.3 Å². The van der Waals surface area contributed by atoms with Crippen LogP contribution in [0.1, 0.15) is 24.4 Å². The lowest BCUT2D eigenvalue weighted by Gasteiger charge is -2.23. The molecule has 4 rings (SSSR count). The van der Waals surface area contributed by atoms with Gasteiger partial charge >= 0.3 is 0 Å². The molecule has 27 heavy (non-hydrogen) atoms. The Morgan fingerprint density at radius 2 is 2.04 bits per heavy atom. The first-order chi connectivity index (χ1) is 13.2. The largest absolute Gasteiger partial charge is 0.497 e. The molecule has 2 aromatic carbocycles. The fourth-order valence-electron chi connectivity index (χ4n) is 3.91. The number of quaternary nitrogens is 1. The van der Waals surface area contributed by atoms with Gasteiger partial charge in [0.25, 0.3) is 5.56 Å². The van der Waals surface area contributed by atoms with Crippen LogP contribution in [0.3, 0.4) is 0 Å². The molecule has 1 aromatic heterocycles. The molecule has 1 aliphatic heterocycles. The third-order valence-corrected chi connectivity index (χ3v) is 5.28. The van der Waals surface area contributed by atoms with E-state index in [-0.39, 0.29) is 11.6 Å². The maximum atomic E-state index is 12.8. The summed E-state index contributed by atoms with van der Waals surface area (Å²) in [4.78, 5) is 14.1. The molecule has 3 aromatic rings. The van der Waals surface area contributed by atoms with Crippen molar-refractivity contribution in [1.29, 1.82) is 0 Å². The quantitative estimate of drug-likeness (QED) is 0.733. The van der Waals surface area contributed by atoms with E-state index in [9.17, 15) is 4.79 Å². The van der Waals surface area contributed by atoms with Gasteiger partial charge in [0.2, 0.25) is 0 Å². The van der Waals surface area contributed by atoms with Crippen LogP contribution in [0.15, 0.2) is 47.3 Å². The number of fused-ring (bicyclic) bond motifs is 1. The summed E-state index contributed by atoms with van der Waals surface area (Å²) in [5.41, 5.74) is 1.63. The van der Waals surface area contributed by atoms with E-state index in [4.69, 9.17) is 9.47 Å². The lowest BCUT2D eigenvalue weighted by molar-refractivity contribution is -0.941. The minimum absolute atomic E-state index is 0.101. The van der Waals surface area contributed by atoms with E-state index in [0.717, 1.165) is 36.4 Å². The molecule has 1 aliphatic rings. The highest BCUT2D eigenvalue weighted by Crippen LogP contribution is 2.31. The van der Waals surface area contributed by atoms with Crippen molar-refractivity contribution in [2.75, 3.05) is 20.8 Å². The minimum Gasteiger partial charge on any atom is -0.497 e. The zero-order valence-corrected chi connectivity index (χ0v) is 15.5. The number of benzene rings is 2. The molecule has 0 bridgehead atoms. The summed E-state index contributed by atoms with van der Waals surface area (Å²) in [7, 11) is 3.34. The Hall–Kier alpha value is -2.93. The fraction of sp³-hybridized carbons (Fsp3) is 0.350. The number of hydrogen-bond acceptors (Lipinski definition) is 5. The number of nitrogens with zero attached hydrogens (tertiary/aromatic N) is 3. The highest BCUT2D eigenvalue weighted by atomic mass is 16.5. The molecule has 0 spiro atoms. The van der Waals surface area contributed by atoms with Gasteiger partial charge in [-0.3, -0.25) is 4.79 Å². The van der Waals surface area contributed by atoms with Crippen LogP contribution in [-0.2, 0) is 6.67 Å². The molecule has 1 unspecified atom stereocenters. The van der Waals surface area contributed by atoms with Crippen LogP contribution >= 0.6 is 0 Å². The zero-order valence-electron chi connectivity index (χ0n) is 15.5. The smallest absolute Gasteiger partial charge is 0.282 e. The van der Waals surface area contributed by atoms with Crippen molar-refractivity contribution < 1.29 is 14.4 Å². The maximum Gasteiger partial charge on any atom is 0.282 e. The molecule has 2 heterocycles. The van der Waals surface area contributed by atoms with Crippen molar-refractivity contribution in [1.82, 2.24) is 15.0 Å². The van der Waals surface area contributed by atoms with E-state index in [1.165, 1.54) is 9.58 Å². The van der Waals surface area contributed by atoms with Gasteiger partial charge < -0.3 is 14.4 Å². The lowest BCUT2D eigenvalue weighted by atomic mass is 10.0. The number of aromatic nitrogens is 3. The van der Waals surface area contributed by atoms with Crippen molar-refractivity contribution in [3.05, 3.63) is 58.4 Å². The standard InChI is InChI=1S/C20H22N4O3/c1-26-14-9-10-19(27-2)16(12-14)18-8-5-11-23(18)13-24-20(25)15-6-3-4-7-17(15)21-22-24/h3-4,6-7,9-10,12,18H,5,8,11,13H2,1-2H3/p+1/t18-/m0/s1. The first kappa shape index (κ1) is 17.5. The third kappa shape index (κ3) is 3.26.